The van der Waals surface area contributed by atoms with Crippen LogP contribution in [0.2, 0.25) is 0 Å². The van der Waals surface area contributed by atoms with Crippen molar-refractivity contribution in [2.75, 3.05) is 13.7 Å². The molecule has 0 saturated carbocycles. The number of phenolic OH excluding ortho intramolecular Hbond substituents is 1. The number of hydrogen-bond acceptors (Lipinski definition) is 4. The van der Waals surface area contributed by atoms with E-state index < -0.39 is 0 Å². The number of aromatic hydroxyl groups is 1. The third kappa shape index (κ3) is 3.84. The summed E-state index contributed by atoms with van der Waals surface area (Å²) >= 11 is 0. The fraction of sp³-hybridized carbons (Fsp3) is 0.538. The summed E-state index contributed by atoms with van der Waals surface area (Å²) in [7, 11) is 1.61. The number of nitrogens with zero attached hydrogens (tertiary/aromatic N) is 1. The molecule has 1 N–H and O–H groups in total. The van der Waals surface area contributed by atoms with Gasteiger partial charge in [0.05, 0.1) is 24.5 Å². The predicted molar refractivity (Wildman–Crippen MR) is 120 cm³/mol. The van der Waals surface area contributed by atoms with Gasteiger partial charge < -0.3 is 9.84 Å². The fourth-order valence-corrected chi connectivity index (χ4v) is 5.61. The standard InChI is InChI=1S/C26H33NO4/c1-5-16(12-17-8-6-7-9-21(17)28)10-11-22-23-18(15(2)3)13-19-24(20(23)14-31-22)26(30)27(4)25(19)29/h6-9,12,15,19-20,22,24,28H,5,10-11,13-14H2,1-4H3/b16-12+/t19-,20+,22-,24-/m1/s1. The highest BCUT2D eigenvalue weighted by atomic mass is 16.5. The largest absolute Gasteiger partial charge is 0.507 e. The van der Waals surface area contributed by atoms with Gasteiger partial charge in [-0.15, -0.1) is 0 Å². The van der Waals surface area contributed by atoms with Crippen LogP contribution in [0.1, 0.15) is 52.0 Å². The molecule has 2 saturated heterocycles. The second-order valence-electron chi connectivity index (χ2n) is 9.39. The summed E-state index contributed by atoms with van der Waals surface area (Å²) in [6, 6.07) is 7.39. The molecule has 0 unspecified atom stereocenters. The van der Waals surface area contributed by atoms with Gasteiger partial charge in [-0.2, -0.15) is 0 Å². The molecule has 3 aliphatic rings. The molecular weight excluding hydrogens is 390 g/mol. The summed E-state index contributed by atoms with van der Waals surface area (Å²) in [6.07, 6.45) is 5.38. The average Bonchev–Trinajstić information content (AvgIpc) is 3.27. The van der Waals surface area contributed by atoms with E-state index in [9.17, 15) is 14.7 Å². The zero-order valence-corrected chi connectivity index (χ0v) is 18.9. The van der Waals surface area contributed by atoms with Gasteiger partial charge in [-0.3, -0.25) is 14.5 Å². The number of likely N-dealkylation sites (tertiary alicyclic amines) is 1. The molecule has 31 heavy (non-hydrogen) atoms. The summed E-state index contributed by atoms with van der Waals surface area (Å²) in [5.41, 5.74) is 4.70. The van der Waals surface area contributed by atoms with Crippen LogP contribution in [-0.2, 0) is 14.3 Å². The number of imide groups is 1. The van der Waals surface area contributed by atoms with Crippen molar-refractivity contribution < 1.29 is 19.4 Å². The number of carbonyl (C=O) groups excluding carboxylic acids is 2. The zero-order valence-electron chi connectivity index (χ0n) is 18.9. The summed E-state index contributed by atoms with van der Waals surface area (Å²) in [5.74, 6) is 0.0874. The minimum Gasteiger partial charge on any atom is -0.507 e. The lowest BCUT2D eigenvalue weighted by Gasteiger charge is -2.33. The second-order valence-corrected chi connectivity index (χ2v) is 9.39. The van der Waals surface area contributed by atoms with Gasteiger partial charge in [0.15, 0.2) is 0 Å². The van der Waals surface area contributed by atoms with Gasteiger partial charge in [0, 0.05) is 18.5 Å². The predicted octanol–water partition coefficient (Wildman–Crippen LogP) is 4.57. The number of phenols is 1. The second kappa shape index (κ2) is 8.62. The third-order valence-electron chi connectivity index (χ3n) is 7.34. The Balaban J connectivity index is 1.57. The van der Waals surface area contributed by atoms with Gasteiger partial charge in [-0.25, -0.2) is 0 Å². The number of carbonyl (C=O) groups is 2. The molecule has 4 rings (SSSR count). The Hall–Kier alpha value is -2.40. The Morgan fingerprint density at radius 2 is 1.97 bits per heavy atom. The number of fused-ring (bicyclic) bond motifs is 3. The van der Waals surface area contributed by atoms with Crippen molar-refractivity contribution in [1.82, 2.24) is 4.90 Å². The van der Waals surface area contributed by atoms with E-state index in [1.807, 2.05) is 18.2 Å². The number of hydrogen-bond donors (Lipinski definition) is 1. The van der Waals surface area contributed by atoms with Crippen LogP contribution in [0.4, 0.5) is 0 Å². The summed E-state index contributed by atoms with van der Waals surface area (Å²) in [5, 5.41) is 10.1. The molecule has 2 aliphatic heterocycles. The maximum Gasteiger partial charge on any atom is 0.233 e. The number of rotatable bonds is 6. The lowest BCUT2D eigenvalue weighted by atomic mass is 9.67. The molecule has 0 aromatic heterocycles. The minimum absolute atomic E-state index is 0.00326. The van der Waals surface area contributed by atoms with Crippen LogP contribution in [0.3, 0.4) is 0 Å². The van der Waals surface area contributed by atoms with Crippen molar-refractivity contribution in [3.63, 3.8) is 0 Å². The number of allylic oxidation sites excluding steroid dienone is 2. The van der Waals surface area contributed by atoms with E-state index in [0.717, 1.165) is 24.8 Å². The van der Waals surface area contributed by atoms with E-state index in [1.165, 1.54) is 21.6 Å². The van der Waals surface area contributed by atoms with E-state index in [1.54, 1.807) is 13.1 Å². The summed E-state index contributed by atoms with van der Waals surface area (Å²) < 4.78 is 6.26. The number of amides is 2. The van der Waals surface area contributed by atoms with Crippen LogP contribution in [0.5, 0.6) is 5.75 Å². The maximum absolute atomic E-state index is 12.8. The van der Waals surface area contributed by atoms with Crippen LogP contribution in [0.15, 0.2) is 41.0 Å². The Kier molecular flexibility index (Phi) is 6.07. The smallest absolute Gasteiger partial charge is 0.233 e. The summed E-state index contributed by atoms with van der Waals surface area (Å²) in [4.78, 5) is 26.8. The number of para-hydroxylation sites is 1. The first-order chi connectivity index (χ1) is 14.8. The van der Waals surface area contributed by atoms with Crippen molar-refractivity contribution in [3.8, 4) is 5.75 Å². The topological polar surface area (TPSA) is 66.8 Å². The molecule has 0 radical (unpaired) electrons. The molecule has 0 bridgehead atoms. The average molecular weight is 424 g/mol. The Morgan fingerprint density at radius 3 is 2.65 bits per heavy atom. The molecule has 1 aliphatic carbocycles. The van der Waals surface area contributed by atoms with Crippen molar-refractivity contribution in [2.24, 2.45) is 23.7 Å². The van der Waals surface area contributed by atoms with Crippen LogP contribution < -0.4 is 0 Å². The molecule has 0 spiro atoms. The van der Waals surface area contributed by atoms with Crippen LogP contribution in [-0.4, -0.2) is 41.6 Å². The molecule has 5 nitrogen and oxygen atoms in total. The first kappa shape index (κ1) is 21.8. The Morgan fingerprint density at radius 1 is 1.23 bits per heavy atom. The molecule has 4 atom stereocenters. The zero-order chi connectivity index (χ0) is 22.3. The highest BCUT2D eigenvalue weighted by Gasteiger charge is 2.56. The van der Waals surface area contributed by atoms with Gasteiger partial charge >= 0.3 is 0 Å². The van der Waals surface area contributed by atoms with Crippen molar-refractivity contribution >= 4 is 17.9 Å². The molecule has 5 heteroatoms. The molecule has 1 aromatic rings. The molecule has 166 valence electrons. The van der Waals surface area contributed by atoms with Gasteiger partial charge in [-0.05, 0) is 43.2 Å². The molecule has 1 aromatic carbocycles. The van der Waals surface area contributed by atoms with E-state index in [-0.39, 0.29) is 35.7 Å². The highest BCUT2D eigenvalue weighted by molar-refractivity contribution is 6.05. The Labute approximate surface area is 184 Å². The minimum atomic E-state index is -0.262. The quantitative estimate of drug-likeness (QED) is 0.538. The normalized spacial score (nSPS) is 28.5. The van der Waals surface area contributed by atoms with Crippen molar-refractivity contribution in [1.29, 1.82) is 0 Å². The van der Waals surface area contributed by atoms with Gasteiger partial charge in [-0.1, -0.05) is 56.2 Å². The third-order valence-corrected chi connectivity index (χ3v) is 7.34. The SMILES string of the molecule is CC/C(=C\c1ccccc1O)CC[C@H]1OC[C@H]2C1=C(C(C)C)C[C@H]1C(=O)N(C)C(=O)[C@H]12. The van der Waals surface area contributed by atoms with Gasteiger partial charge in [0.1, 0.15) is 5.75 Å². The van der Waals surface area contributed by atoms with Crippen LogP contribution in [0, 0.1) is 23.7 Å². The molecule has 2 heterocycles. The van der Waals surface area contributed by atoms with Crippen molar-refractivity contribution in [3.05, 3.63) is 46.5 Å². The van der Waals surface area contributed by atoms with Crippen LogP contribution in [0.25, 0.3) is 6.08 Å². The first-order valence-electron chi connectivity index (χ1n) is 11.5. The molecular formula is C26H33NO4. The van der Waals surface area contributed by atoms with Crippen LogP contribution >= 0.6 is 0 Å². The lowest BCUT2D eigenvalue weighted by Crippen LogP contribution is -2.34. The monoisotopic (exact) mass is 423 g/mol. The van der Waals surface area contributed by atoms with E-state index in [4.69, 9.17) is 4.74 Å². The molecule has 2 fully saturated rings. The highest BCUT2D eigenvalue weighted by Crippen LogP contribution is 2.51. The van der Waals surface area contributed by atoms with Crippen molar-refractivity contribution in [2.45, 2.75) is 52.6 Å². The summed E-state index contributed by atoms with van der Waals surface area (Å²) in [6.45, 7) is 7.01. The van der Waals surface area contributed by atoms with E-state index in [2.05, 4.69) is 26.8 Å². The van der Waals surface area contributed by atoms with Gasteiger partial charge in [0.25, 0.3) is 0 Å². The number of ether oxygens (including phenoxy) is 1. The fourth-order valence-electron chi connectivity index (χ4n) is 5.61. The lowest BCUT2D eigenvalue weighted by molar-refractivity contribution is -0.138. The van der Waals surface area contributed by atoms with Gasteiger partial charge in [0.2, 0.25) is 11.8 Å². The first-order valence-corrected chi connectivity index (χ1v) is 11.5. The van der Waals surface area contributed by atoms with E-state index >= 15 is 0 Å². The maximum atomic E-state index is 12.8. The number of benzene rings is 1. The Bertz CT molecular complexity index is 944. The molecule has 2 amide bonds. The van der Waals surface area contributed by atoms with E-state index in [0.29, 0.717) is 24.7 Å².